The normalized spacial score (nSPS) is 27.4. The molecule has 2 rings (SSSR count). The van der Waals surface area contributed by atoms with Crippen LogP contribution in [0.25, 0.3) is 0 Å². The molecule has 1 saturated carbocycles. The lowest BCUT2D eigenvalue weighted by molar-refractivity contribution is 0.173. The van der Waals surface area contributed by atoms with Crippen LogP contribution in [0.1, 0.15) is 32.1 Å². The van der Waals surface area contributed by atoms with Crippen molar-refractivity contribution >= 4 is 0 Å². The van der Waals surface area contributed by atoms with E-state index in [1.807, 2.05) is 0 Å². The summed E-state index contributed by atoms with van der Waals surface area (Å²) in [6.45, 7) is 0.809. The fourth-order valence-electron chi connectivity index (χ4n) is 2.18. The molecule has 0 amide bonds. The molecule has 2 aliphatic carbocycles. The van der Waals surface area contributed by atoms with Gasteiger partial charge in [-0.05, 0) is 32.1 Å². The van der Waals surface area contributed by atoms with Gasteiger partial charge in [0.2, 0.25) is 0 Å². The molecule has 0 saturated heterocycles. The first-order chi connectivity index (χ1) is 5.85. The minimum Gasteiger partial charge on any atom is -0.329 e. The average molecular weight is 166 g/mol. The first-order valence-electron chi connectivity index (χ1n) is 4.97. The Labute approximate surface area is 74.2 Å². The third kappa shape index (κ3) is 1.41. The molecule has 0 aromatic rings. The van der Waals surface area contributed by atoms with E-state index in [0.717, 1.165) is 6.54 Å². The summed E-state index contributed by atoms with van der Waals surface area (Å²) in [4.78, 5) is 0. The zero-order chi connectivity index (χ0) is 8.44. The van der Waals surface area contributed by atoms with Gasteiger partial charge in [-0.15, -0.1) is 0 Å². The number of hydrogen-bond acceptors (Lipinski definition) is 2. The van der Waals surface area contributed by atoms with E-state index in [1.165, 1.54) is 32.1 Å². The largest absolute Gasteiger partial charge is 0.329 e. The summed E-state index contributed by atoms with van der Waals surface area (Å²) >= 11 is 0. The Morgan fingerprint density at radius 2 is 2.00 bits per heavy atom. The van der Waals surface area contributed by atoms with E-state index in [2.05, 4.69) is 17.5 Å². The molecule has 0 radical (unpaired) electrons. The number of nitrogens with one attached hydrogen (secondary N) is 1. The van der Waals surface area contributed by atoms with Crippen molar-refractivity contribution in [3.05, 3.63) is 12.2 Å². The van der Waals surface area contributed by atoms with E-state index in [-0.39, 0.29) is 0 Å². The van der Waals surface area contributed by atoms with Crippen LogP contribution >= 0.6 is 0 Å². The van der Waals surface area contributed by atoms with Gasteiger partial charge in [0.05, 0.1) is 0 Å². The van der Waals surface area contributed by atoms with Gasteiger partial charge >= 0.3 is 0 Å². The molecule has 2 aliphatic rings. The van der Waals surface area contributed by atoms with Crippen molar-refractivity contribution in [2.45, 2.75) is 43.7 Å². The van der Waals surface area contributed by atoms with Crippen molar-refractivity contribution in [2.75, 3.05) is 6.54 Å². The first-order valence-corrected chi connectivity index (χ1v) is 4.97. The van der Waals surface area contributed by atoms with Gasteiger partial charge in [-0.1, -0.05) is 12.2 Å². The van der Waals surface area contributed by atoms with E-state index in [1.54, 1.807) is 0 Å². The van der Waals surface area contributed by atoms with Crippen molar-refractivity contribution in [3.8, 4) is 0 Å². The molecular weight excluding hydrogens is 148 g/mol. The van der Waals surface area contributed by atoms with Gasteiger partial charge in [-0.3, -0.25) is 0 Å². The molecule has 0 spiro atoms. The summed E-state index contributed by atoms with van der Waals surface area (Å²) in [6.07, 6.45) is 10.8. The van der Waals surface area contributed by atoms with Crippen LogP contribution in [0, 0.1) is 0 Å². The van der Waals surface area contributed by atoms with Gasteiger partial charge in [-0.2, -0.15) is 0 Å². The SMILES string of the molecule is NCC1(NC2CC=CC2)CCC1. The monoisotopic (exact) mass is 166 g/mol. The van der Waals surface area contributed by atoms with E-state index in [9.17, 15) is 0 Å². The van der Waals surface area contributed by atoms with Crippen LogP contribution in [-0.2, 0) is 0 Å². The molecule has 2 nitrogen and oxygen atoms in total. The third-order valence-corrected chi connectivity index (χ3v) is 3.22. The fraction of sp³-hybridized carbons (Fsp3) is 0.800. The Balaban J connectivity index is 1.84. The lowest BCUT2D eigenvalue weighted by Gasteiger charge is -2.44. The highest BCUT2D eigenvalue weighted by molar-refractivity contribution is 5.04. The summed E-state index contributed by atoms with van der Waals surface area (Å²) in [7, 11) is 0. The molecule has 0 aromatic heterocycles. The Hall–Kier alpha value is -0.340. The van der Waals surface area contributed by atoms with Crippen LogP contribution in [0.4, 0.5) is 0 Å². The third-order valence-electron chi connectivity index (χ3n) is 3.22. The Morgan fingerprint density at radius 1 is 1.33 bits per heavy atom. The van der Waals surface area contributed by atoms with Gasteiger partial charge < -0.3 is 11.1 Å². The predicted molar refractivity (Wildman–Crippen MR) is 50.9 cm³/mol. The molecule has 1 fully saturated rings. The minimum absolute atomic E-state index is 0.316. The molecule has 0 aliphatic heterocycles. The maximum absolute atomic E-state index is 5.76. The van der Waals surface area contributed by atoms with E-state index < -0.39 is 0 Å². The molecule has 12 heavy (non-hydrogen) atoms. The van der Waals surface area contributed by atoms with Crippen molar-refractivity contribution in [1.29, 1.82) is 0 Å². The lowest BCUT2D eigenvalue weighted by Crippen LogP contribution is -2.59. The molecule has 2 heteroatoms. The Morgan fingerprint density at radius 3 is 2.42 bits per heavy atom. The maximum Gasteiger partial charge on any atom is 0.0306 e. The predicted octanol–water partition coefficient (Wildman–Crippen LogP) is 1.18. The Bertz CT molecular complexity index is 169. The second kappa shape index (κ2) is 3.19. The quantitative estimate of drug-likeness (QED) is 0.618. The molecule has 0 heterocycles. The molecule has 68 valence electrons. The van der Waals surface area contributed by atoms with Crippen molar-refractivity contribution in [2.24, 2.45) is 5.73 Å². The summed E-state index contributed by atoms with van der Waals surface area (Å²) in [5.41, 5.74) is 6.08. The second-order valence-electron chi connectivity index (χ2n) is 4.12. The summed E-state index contributed by atoms with van der Waals surface area (Å²) < 4.78 is 0. The van der Waals surface area contributed by atoms with E-state index in [4.69, 9.17) is 5.73 Å². The van der Waals surface area contributed by atoms with Crippen molar-refractivity contribution in [3.63, 3.8) is 0 Å². The van der Waals surface area contributed by atoms with Crippen LogP contribution in [-0.4, -0.2) is 18.1 Å². The second-order valence-corrected chi connectivity index (χ2v) is 4.12. The van der Waals surface area contributed by atoms with Crippen LogP contribution in [0.15, 0.2) is 12.2 Å². The molecule has 0 aromatic carbocycles. The summed E-state index contributed by atoms with van der Waals surface area (Å²) in [5, 5.41) is 3.69. The molecule has 0 bridgehead atoms. The minimum atomic E-state index is 0.316. The molecular formula is C10H18N2. The summed E-state index contributed by atoms with van der Waals surface area (Å²) in [5.74, 6) is 0. The highest BCUT2D eigenvalue weighted by Gasteiger charge is 2.36. The van der Waals surface area contributed by atoms with Crippen molar-refractivity contribution < 1.29 is 0 Å². The zero-order valence-corrected chi connectivity index (χ0v) is 7.55. The van der Waals surface area contributed by atoms with Crippen molar-refractivity contribution in [1.82, 2.24) is 5.32 Å². The molecule has 0 atom stereocenters. The van der Waals surface area contributed by atoms with E-state index in [0.29, 0.717) is 11.6 Å². The number of rotatable bonds is 3. The van der Waals surface area contributed by atoms with Gasteiger partial charge in [0.25, 0.3) is 0 Å². The first kappa shape index (κ1) is 8.27. The van der Waals surface area contributed by atoms with Gasteiger partial charge in [0.1, 0.15) is 0 Å². The van der Waals surface area contributed by atoms with Gasteiger partial charge in [0.15, 0.2) is 0 Å². The highest BCUT2D eigenvalue weighted by Crippen LogP contribution is 2.32. The van der Waals surface area contributed by atoms with E-state index >= 15 is 0 Å². The highest BCUT2D eigenvalue weighted by atomic mass is 15.0. The number of hydrogen-bond donors (Lipinski definition) is 2. The smallest absolute Gasteiger partial charge is 0.0306 e. The van der Waals surface area contributed by atoms with Gasteiger partial charge in [0, 0.05) is 18.1 Å². The Kier molecular flexibility index (Phi) is 2.20. The van der Waals surface area contributed by atoms with Crippen LogP contribution < -0.4 is 11.1 Å². The van der Waals surface area contributed by atoms with Crippen LogP contribution in [0.3, 0.4) is 0 Å². The fourth-order valence-corrected chi connectivity index (χ4v) is 2.18. The topological polar surface area (TPSA) is 38.0 Å². The molecule has 3 N–H and O–H groups in total. The summed E-state index contributed by atoms with van der Waals surface area (Å²) in [6, 6.07) is 0.675. The maximum atomic E-state index is 5.76. The molecule has 0 unspecified atom stereocenters. The van der Waals surface area contributed by atoms with Gasteiger partial charge in [-0.25, -0.2) is 0 Å². The number of nitrogens with two attached hydrogens (primary N) is 1. The lowest BCUT2D eigenvalue weighted by atomic mass is 9.76. The van der Waals surface area contributed by atoms with Crippen LogP contribution in [0.2, 0.25) is 0 Å². The van der Waals surface area contributed by atoms with Crippen LogP contribution in [0.5, 0.6) is 0 Å². The standard InChI is InChI=1S/C10H18N2/c11-8-10(6-3-7-10)12-9-4-1-2-5-9/h1-2,9,12H,3-8,11H2. The zero-order valence-electron chi connectivity index (χ0n) is 7.55. The average Bonchev–Trinajstić information content (AvgIpc) is 2.49.